The lowest BCUT2D eigenvalue weighted by atomic mass is 10.1. The van der Waals surface area contributed by atoms with Crippen LogP contribution in [0.15, 0.2) is 85.7 Å². The molecule has 2 aromatic carbocycles. The Bertz CT molecular complexity index is 1190. The molecule has 31 heavy (non-hydrogen) atoms. The summed E-state index contributed by atoms with van der Waals surface area (Å²) in [6, 6.07) is 15.9. The standard InChI is InChI=1S/C23H20ClN5O2/c24-18-6-7-20(21(15-18)29-10-1-2-11-29)27-23(31)17-4-3-5-19(14-17)26-22(30)8-12-28-13-9-25-16-28/h1-7,9-11,13-16H,8,12H2,(H,26,30)(H,27,31). The van der Waals surface area contributed by atoms with Crippen LogP contribution in [0.3, 0.4) is 0 Å². The second kappa shape index (κ2) is 9.32. The maximum Gasteiger partial charge on any atom is 0.255 e. The smallest absolute Gasteiger partial charge is 0.255 e. The number of aromatic nitrogens is 3. The van der Waals surface area contributed by atoms with Gasteiger partial charge in [-0.1, -0.05) is 17.7 Å². The quantitative estimate of drug-likeness (QED) is 0.446. The third kappa shape index (κ3) is 5.21. The van der Waals surface area contributed by atoms with Crippen molar-refractivity contribution in [3.63, 3.8) is 0 Å². The van der Waals surface area contributed by atoms with E-state index in [1.54, 1.807) is 61.2 Å². The van der Waals surface area contributed by atoms with Crippen molar-refractivity contribution >= 4 is 34.8 Å². The van der Waals surface area contributed by atoms with Gasteiger partial charge in [-0.05, 0) is 48.5 Å². The fourth-order valence-corrected chi connectivity index (χ4v) is 3.29. The maximum atomic E-state index is 12.9. The number of hydrogen-bond donors (Lipinski definition) is 2. The lowest BCUT2D eigenvalue weighted by molar-refractivity contribution is -0.116. The predicted molar refractivity (Wildman–Crippen MR) is 121 cm³/mol. The van der Waals surface area contributed by atoms with E-state index in [9.17, 15) is 9.59 Å². The summed E-state index contributed by atoms with van der Waals surface area (Å²) in [6.07, 6.45) is 9.19. The molecule has 0 radical (unpaired) electrons. The van der Waals surface area contributed by atoms with Crippen molar-refractivity contribution in [3.05, 3.63) is 96.3 Å². The molecule has 2 N–H and O–H groups in total. The van der Waals surface area contributed by atoms with Gasteiger partial charge in [0.25, 0.3) is 5.91 Å². The van der Waals surface area contributed by atoms with E-state index in [4.69, 9.17) is 11.6 Å². The number of carbonyl (C=O) groups is 2. The third-order valence-corrected chi connectivity index (χ3v) is 4.89. The zero-order chi connectivity index (χ0) is 21.6. The number of amides is 2. The molecule has 4 aromatic rings. The van der Waals surface area contributed by atoms with E-state index in [1.165, 1.54) is 0 Å². The Labute approximate surface area is 184 Å². The average molecular weight is 434 g/mol. The number of halogens is 1. The Morgan fingerprint density at radius 1 is 0.968 bits per heavy atom. The van der Waals surface area contributed by atoms with Crippen molar-refractivity contribution in [3.8, 4) is 5.69 Å². The van der Waals surface area contributed by atoms with E-state index in [0.717, 1.165) is 5.69 Å². The molecule has 8 heteroatoms. The minimum Gasteiger partial charge on any atom is -0.337 e. The van der Waals surface area contributed by atoms with Crippen LogP contribution in [-0.4, -0.2) is 25.9 Å². The van der Waals surface area contributed by atoms with E-state index in [0.29, 0.717) is 34.9 Å². The Balaban J connectivity index is 1.45. The summed E-state index contributed by atoms with van der Waals surface area (Å²) < 4.78 is 3.70. The van der Waals surface area contributed by atoms with Gasteiger partial charge in [0.1, 0.15) is 0 Å². The molecule has 156 valence electrons. The van der Waals surface area contributed by atoms with E-state index in [1.807, 2.05) is 33.7 Å². The topological polar surface area (TPSA) is 80.9 Å². The largest absolute Gasteiger partial charge is 0.337 e. The van der Waals surface area contributed by atoms with Gasteiger partial charge in [0.2, 0.25) is 5.91 Å². The third-order valence-electron chi connectivity index (χ3n) is 4.66. The Hall–Kier alpha value is -3.84. The van der Waals surface area contributed by atoms with Gasteiger partial charge in [0, 0.05) is 54.0 Å². The zero-order valence-corrected chi connectivity index (χ0v) is 17.3. The first-order chi connectivity index (χ1) is 15.1. The zero-order valence-electron chi connectivity index (χ0n) is 16.5. The van der Waals surface area contributed by atoms with Crippen LogP contribution in [0.25, 0.3) is 5.69 Å². The summed E-state index contributed by atoms with van der Waals surface area (Å²) in [5, 5.41) is 6.33. The number of carbonyl (C=O) groups excluding carboxylic acids is 2. The van der Waals surface area contributed by atoms with Crippen LogP contribution in [0, 0.1) is 0 Å². The molecule has 0 saturated heterocycles. The van der Waals surface area contributed by atoms with Gasteiger partial charge in [-0.2, -0.15) is 0 Å². The molecule has 0 aliphatic rings. The molecule has 0 aliphatic carbocycles. The van der Waals surface area contributed by atoms with Crippen LogP contribution in [0.4, 0.5) is 11.4 Å². The normalized spacial score (nSPS) is 10.6. The van der Waals surface area contributed by atoms with Crippen molar-refractivity contribution in [2.45, 2.75) is 13.0 Å². The minimum absolute atomic E-state index is 0.140. The molecule has 0 fully saturated rings. The SMILES string of the molecule is O=C(CCn1ccnc1)Nc1cccc(C(=O)Nc2ccc(Cl)cc2-n2cccc2)c1. The molecule has 7 nitrogen and oxygen atoms in total. The molecule has 0 bridgehead atoms. The van der Waals surface area contributed by atoms with Gasteiger partial charge in [0.05, 0.1) is 17.7 Å². The highest BCUT2D eigenvalue weighted by Crippen LogP contribution is 2.25. The van der Waals surface area contributed by atoms with Gasteiger partial charge in [-0.25, -0.2) is 4.98 Å². The monoisotopic (exact) mass is 433 g/mol. The Morgan fingerprint density at radius 2 is 1.81 bits per heavy atom. The van der Waals surface area contributed by atoms with Crippen LogP contribution in [0.2, 0.25) is 5.02 Å². The highest BCUT2D eigenvalue weighted by Gasteiger charge is 2.12. The number of imidazole rings is 1. The van der Waals surface area contributed by atoms with Crippen LogP contribution < -0.4 is 10.6 Å². The fraction of sp³-hybridized carbons (Fsp3) is 0.0870. The fourth-order valence-electron chi connectivity index (χ4n) is 3.13. The van der Waals surface area contributed by atoms with E-state index in [2.05, 4.69) is 15.6 Å². The van der Waals surface area contributed by atoms with Crippen molar-refractivity contribution in [1.29, 1.82) is 0 Å². The molecule has 4 rings (SSSR count). The molecular weight excluding hydrogens is 414 g/mol. The summed E-state index contributed by atoms with van der Waals surface area (Å²) in [4.78, 5) is 29.0. The number of nitrogens with one attached hydrogen (secondary N) is 2. The lowest BCUT2D eigenvalue weighted by Gasteiger charge is -2.13. The molecule has 2 heterocycles. The number of hydrogen-bond acceptors (Lipinski definition) is 3. The summed E-state index contributed by atoms with van der Waals surface area (Å²) in [7, 11) is 0. The molecule has 2 amide bonds. The van der Waals surface area contributed by atoms with E-state index >= 15 is 0 Å². The van der Waals surface area contributed by atoms with Gasteiger partial charge < -0.3 is 19.8 Å². The second-order valence-corrected chi connectivity index (χ2v) is 7.32. The van der Waals surface area contributed by atoms with Crippen LogP contribution in [0.1, 0.15) is 16.8 Å². The molecule has 0 atom stereocenters. The predicted octanol–water partition coefficient (Wildman–Crippen LogP) is 4.61. The van der Waals surface area contributed by atoms with Crippen molar-refractivity contribution in [2.24, 2.45) is 0 Å². The van der Waals surface area contributed by atoms with Gasteiger partial charge >= 0.3 is 0 Å². The molecular formula is C23H20ClN5O2. The molecule has 0 saturated carbocycles. The molecule has 0 aliphatic heterocycles. The summed E-state index contributed by atoms with van der Waals surface area (Å²) in [6.45, 7) is 0.532. The minimum atomic E-state index is -0.287. The van der Waals surface area contributed by atoms with Crippen molar-refractivity contribution < 1.29 is 9.59 Å². The summed E-state index contributed by atoms with van der Waals surface area (Å²) >= 11 is 6.14. The first kappa shape index (κ1) is 20.4. The lowest BCUT2D eigenvalue weighted by Crippen LogP contribution is -2.16. The highest BCUT2D eigenvalue weighted by molar-refractivity contribution is 6.31. The van der Waals surface area contributed by atoms with E-state index < -0.39 is 0 Å². The maximum absolute atomic E-state index is 12.9. The van der Waals surface area contributed by atoms with Gasteiger partial charge in [-0.3, -0.25) is 9.59 Å². The number of aryl methyl sites for hydroxylation is 1. The average Bonchev–Trinajstić information content (AvgIpc) is 3.48. The summed E-state index contributed by atoms with van der Waals surface area (Å²) in [5.74, 6) is -0.427. The van der Waals surface area contributed by atoms with Gasteiger partial charge in [0.15, 0.2) is 0 Å². The van der Waals surface area contributed by atoms with Crippen LogP contribution in [-0.2, 0) is 11.3 Å². The molecule has 2 aromatic heterocycles. The van der Waals surface area contributed by atoms with Gasteiger partial charge in [-0.15, -0.1) is 0 Å². The number of benzene rings is 2. The van der Waals surface area contributed by atoms with Crippen LogP contribution >= 0.6 is 11.6 Å². The number of rotatable bonds is 7. The first-order valence-electron chi connectivity index (χ1n) is 9.68. The van der Waals surface area contributed by atoms with E-state index in [-0.39, 0.29) is 11.8 Å². The van der Waals surface area contributed by atoms with Crippen molar-refractivity contribution in [2.75, 3.05) is 10.6 Å². The Morgan fingerprint density at radius 3 is 2.58 bits per heavy atom. The number of anilines is 2. The highest BCUT2D eigenvalue weighted by atomic mass is 35.5. The number of nitrogens with zero attached hydrogens (tertiary/aromatic N) is 3. The molecule has 0 unspecified atom stereocenters. The van der Waals surface area contributed by atoms with Crippen LogP contribution in [0.5, 0.6) is 0 Å². The first-order valence-corrected chi connectivity index (χ1v) is 10.1. The summed E-state index contributed by atoms with van der Waals surface area (Å²) in [5.41, 5.74) is 2.38. The molecule has 0 spiro atoms. The second-order valence-electron chi connectivity index (χ2n) is 6.89. The Kier molecular flexibility index (Phi) is 6.14. The van der Waals surface area contributed by atoms with Crippen molar-refractivity contribution in [1.82, 2.24) is 14.1 Å².